The van der Waals surface area contributed by atoms with Gasteiger partial charge in [0.15, 0.2) is 5.76 Å². The van der Waals surface area contributed by atoms with E-state index in [-0.39, 0.29) is 11.7 Å². The van der Waals surface area contributed by atoms with Crippen molar-refractivity contribution in [1.82, 2.24) is 0 Å². The Morgan fingerprint density at radius 2 is 1.70 bits per heavy atom. The molecule has 1 heterocycles. The average Bonchev–Trinajstić information content (AvgIpc) is 3.21. The number of benzene rings is 3. The van der Waals surface area contributed by atoms with Crippen LogP contribution < -0.4 is 4.90 Å². The van der Waals surface area contributed by atoms with E-state index in [0.29, 0.717) is 16.6 Å². The van der Waals surface area contributed by atoms with Crippen LogP contribution in [0.1, 0.15) is 16.1 Å². The average molecular weight is 396 g/mol. The summed E-state index contributed by atoms with van der Waals surface area (Å²) in [5.41, 5.74) is 1.57. The van der Waals surface area contributed by atoms with Gasteiger partial charge in [-0.25, -0.2) is 0 Å². The molecule has 0 fully saturated rings. The van der Waals surface area contributed by atoms with Crippen LogP contribution in [0.2, 0.25) is 10.0 Å². The predicted octanol–water partition coefficient (Wildman–Crippen LogP) is 6.59. The van der Waals surface area contributed by atoms with Gasteiger partial charge in [0.1, 0.15) is 0 Å². The summed E-state index contributed by atoms with van der Waals surface area (Å²) in [6.07, 6.45) is 1.49. The predicted molar refractivity (Wildman–Crippen MR) is 110 cm³/mol. The summed E-state index contributed by atoms with van der Waals surface area (Å²) in [5.74, 6) is 0.0366. The second kappa shape index (κ2) is 7.47. The Kier molecular flexibility index (Phi) is 4.88. The summed E-state index contributed by atoms with van der Waals surface area (Å²) in [6, 6.07) is 22.5. The van der Waals surface area contributed by atoms with Crippen molar-refractivity contribution >= 4 is 45.6 Å². The fourth-order valence-electron chi connectivity index (χ4n) is 2.98. The number of rotatable bonds is 4. The minimum absolute atomic E-state index is 0.235. The number of furan rings is 1. The third-order valence-electron chi connectivity index (χ3n) is 4.37. The molecule has 0 aliphatic carbocycles. The largest absolute Gasteiger partial charge is 0.459 e. The number of carbonyl (C=O) groups is 1. The molecule has 0 spiro atoms. The molecule has 1 aromatic heterocycles. The normalized spacial score (nSPS) is 10.9. The lowest BCUT2D eigenvalue weighted by Gasteiger charge is -2.23. The first-order valence-corrected chi connectivity index (χ1v) is 9.15. The third kappa shape index (κ3) is 3.70. The Morgan fingerprint density at radius 1 is 0.889 bits per heavy atom. The lowest BCUT2D eigenvalue weighted by molar-refractivity contribution is 0.0958. The van der Waals surface area contributed by atoms with E-state index in [1.807, 2.05) is 48.5 Å². The highest BCUT2D eigenvalue weighted by atomic mass is 35.5. The van der Waals surface area contributed by atoms with Crippen molar-refractivity contribution in [3.8, 4) is 0 Å². The standard InChI is InChI=1S/C22H15Cl2NO2/c23-18-9-7-17(20(24)13-18)14-25(22(26)21-6-3-11-27-21)19-10-8-15-4-1-2-5-16(15)12-19/h1-13H,14H2. The van der Waals surface area contributed by atoms with Crippen LogP contribution in [0.3, 0.4) is 0 Å². The van der Waals surface area contributed by atoms with E-state index in [2.05, 4.69) is 0 Å². The van der Waals surface area contributed by atoms with Gasteiger partial charge in [0.05, 0.1) is 12.8 Å². The molecule has 4 aromatic rings. The fourth-order valence-corrected chi connectivity index (χ4v) is 3.45. The molecule has 0 aliphatic heterocycles. The smallest absolute Gasteiger partial charge is 0.294 e. The van der Waals surface area contributed by atoms with Gasteiger partial charge in [-0.1, -0.05) is 59.6 Å². The molecule has 0 atom stereocenters. The van der Waals surface area contributed by atoms with Crippen LogP contribution >= 0.6 is 23.2 Å². The van der Waals surface area contributed by atoms with Crippen molar-refractivity contribution in [2.24, 2.45) is 0 Å². The highest BCUT2D eigenvalue weighted by Gasteiger charge is 2.21. The van der Waals surface area contributed by atoms with Crippen molar-refractivity contribution in [2.75, 3.05) is 4.90 Å². The molecular weight excluding hydrogens is 381 g/mol. The second-order valence-electron chi connectivity index (χ2n) is 6.14. The minimum atomic E-state index is -0.235. The van der Waals surface area contributed by atoms with Crippen LogP contribution in [-0.4, -0.2) is 5.91 Å². The summed E-state index contributed by atoms with van der Waals surface area (Å²) in [7, 11) is 0. The Morgan fingerprint density at radius 3 is 2.44 bits per heavy atom. The van der Waals surface area contributed by atoms with E-state index in [1.54, 1.807) is 29.2 Å². The summed E-state index contributed by atoms with van der Waals surface area (Å²) in [6.45, 7) is 0.299. The minimum Gasteiger partial charge on any atom is -0.459 e. The van der Waals surface area contributed by atoms with Gasteiger partial charge in [0.25, 0.3) is 5.91 Å². The van der Waals surface area contributed by atoms with E-state index < -0.39 is 0 Å². The van der Waals surface area contributed by atoms with Gasteiger partial charge in [0.2, 0.25) is 0 Å². The lowest BCUT2D eigenvalue weighted by Crippen LogP contribution is -2.30. The van der Waals surface area contributed by atoms with Crippen molar-refractivity contribution in [3.63, 3.8) is 0 Å². The number of carbonyl (C=O) groups excluding carboxylic acids is 1. The molecule has 0 N–H and O–H groups in total. The van der Waals surface area contributed by atoms with Gasteiger partial charge >= 0.3 is 0 Å². The van der Waals surface area contributed by atoms with Gasteiger partial charge in [-0.15, -0.1) is 0 Å². The summed E-state index contributed by atoms with van der Waals surface area (Å²) in [5, 5.41) is 3.23. The van der Waals surface area contributed by atoms with Gasteiger partial charge in [-0.3, -0.25) is 4.79 Å². The topological polar surface area (TPSA) is 33.5 Å². The molecule has 1 amide bonds. The van der Waals surface area contributed by atoms with Crippen LogP contribution in [0.25, 0.3) is 10.8 Å². The number of anilines is 1. The molecule has 0 radical (unpaired) electrons. The molecule has 27 heavy (non-hydrogen) atoms. The maximum atomic E-state index is 13.1. The zero-order valence-electron chi connectivity index (χ0n) is 14.2. The molecule has 3 nitrogen and oxygen atoms in total. The van der Waals surface area contributed by atoms with Crippen molar-refractivity contribution in [2.45, 2.75) is 6.54 Å². The molecule has 134 valence electrons. The first kappa shape index (κ1) is 17.7. The Hall–Kier alpha value is -2.75. The number of fused-ring (bicyclic) bond motifs is 1. The lowest BCUT2D eigenvalue weighted by atomic mass is 10.1. The van der Waals surface area contributed by atoms with Crippen molar-refractivity contribution in [1.29, 1.82) is 0 Å². The van der Waals surface area contributed by atoms with E-state index in [4.69, 9.17) is 27.6 Å². The number of hydrogen-bond acceptors (Lipinski definition) is 2. The highest BCUT2D eigenvalue weighted by molar-refractivity contribution is 6.35. The van der Waals surface area contributed by atoms with Gasteiger partial charge in [-0.05, 0) is 52.7 Å². The third-order valence-corrected chi connectivity index (χ3v) is 4.95. The Bertz CT molecular complexity index is 1110. The molecular formula is C22H15Cl2NO2. The maximum Gasteiger partial charge on any atom is 0.294 e. The molecule has 0 unspecified atom stereocenters. The van der Waals surface area contributed by atoms with Crippen LogP contribution in [0.5, 0.6) is 0 Å². The number of halogens is 2. The van der Waals surface area contributed by atoms with E-state index in [0.717, 1.165) is 22.0 Å². The van der Waals surface area contributed by atoms with Gasteiger partial charge in [0, 0.05) is 15.7 Å². The van der Waals surface area contributed by atoms with E-state index >= 15 is 0 Å². The maximum absolute atomic E-state index is 13.1. The molecule has 0 bridgehead atoms. The van der Waals surface area contributed by atoms with Crippen molar-refractivity contribution in [3.05, 3.63) is 100 Å². The van der Waals surface area contributed by atoms with Crippen molar-refractivity contribution < 1.29 is 9.21 Å². The highest BCUT2D eigenvalue weighted by Crippen LogP contribution is 2.28. The summed E-state index contributed by atoms with van der Waals surface area (Å²) >= 11 is 12.3. The SMILES string of the molecule is O=C(c1ccco1)N(Cc1ccc(Cl)cc1Cl)c1ccc2ccccc2c1. The summed E-state index contributed by atoms with van der Waals surface area (Å²) < 4.78 is 5.33. The molecule has 4 rings (SSSR count). The molecule has 5 heteroatoms. The number of nitrogens with zero attached hydrogens (tertiary/aromatic N) is 1. The van der Waals surface area contributed by atoms with Crippen LogP contribution in [-0.2, 0) is 6.54 Å². The molecule has 0 saturated carbocycles. The molecule has 0 saturated heterocycles. The quantitative estimate of drug-likeness (QED) is 0.390. The first-order valence-electron chi connectivity index (χ1n) is 8.40. The fraction of sp³-hybridized carbons (Fsp3) is 0.0455. The van der Waals surface area contributed by atoms with Crippen LogP contribution in [0.15, 0.2) is 83.5 Å². The first-order chi connectivity index (χ1) is 13.1. The Labute approximate surface area is 166 Å². The van der Waals surface area contributed by atoms with E-state index in [1.165, 1.54) is 6.26 Å². The monoisotopic (exact) mass is 395 g/mol. The zero-order chi connectivity index (χ0) is 18.8. The number of hydrogen-bond donors (Lipinski definition) is 0. The Balaban J connectivity index is 1.78. The van der Waals surface area contributed by atoms with Crippen LogP contribution in [0.4, 0.5) is 5.69 Å². The number of amides is 1. The molecule has 3 aromatic carbocycles. The zero-order valence-corrected chi connectivity index (χ0v) is 15.7. The molecule has 0 aliphatic rings. The second-order valence-corrected chi connectivity index (χ2v) is 6.98. The van der Waals surface area contributed by atoms with Crippen LogP contribution in [0, 0.1) is 0 Å². The van der Waals surface area contributed by atoms with Gasteiger partial charge < -0.3 is 9.32 Å². The van der Waals surface area contributed by atoms with Gasteiger partial charge in [-0.2, -0.15) is 0 Å². The summed E-state index contributed by atoms with van der Waals surface area (Å²) in [4.78, 5) is 14.7. The van der Waals surface area contributed by atoms with E-state index in [9.17, 15) is 4.79 Å².